The van der Waals surface area contributed by atoms with E-state index in [0.29, 0.717) is 13.0 Å². The number of hydrogen-bond acceptors (Lipinski definition) is 9. The maximum absolute atomic E-state index is 12.8. The first kappa shape index (κ1) is 56.3. The molecular weight excluding hydrogens is 781 g/mol. The number of carbonyl (C=O) groups is 1. The highest BCUT2D eigenvalue weighted by atomic mass is 16.7. The van der Waals surface area contributed by atoms with Crippen molar-refractivity contribution in [3.8, 4) is 0 Å². The van der Waals surface area contributed by atoms with E-state index in [1.165, 1.54) is 0 Å². The molecule has 0 aromatic rings. The molecular formula is C53H82O9. The lowest BCUT2D eigenvalue weighted by molar-refractivity contribution is -0.305. The minimum Gasteiger partial charge on any atom is -0.457 e. The van der Waals surface area contributed by atoms with Crippen molar-refractivity contribution in [2.24, 2.45) is 0 Å². The number of rotatable bonds is 37. The largest absolute Gasteiger partial charge is 0.457 e. The number of aliphatic hydroxyl groups excluding tert-OH is 4. The van der Waals surface area contributed by atoms with E-state index in [0.717, 1.165) is 103 Å². The fourth-order valence-electron chi connectivity index (χ4n) is 6.00. The lowest BCUT2D eigenvalue weighted by Crippen LogP contribution is -2.59. The Morgan fingerprint density at radius 2 is 0.935 bits per heavy atom. The van der Waals surface area contributed by atoms with Crippen LogP contribution in [0.25, 0.3) is 0 Å². The van der Waals surface area contributed by atoms with Gasteiger partial charge in [0.2, 0.25) is 0 Å². The van der Waals surface area contributed by atoms with Crippen molar-refractivity contribution in [2.45, 2.75) is 166 Å². The number of esters is 1. The molecule has 9 nitrogen and oxygen atoms in total. The van der Waals surface area contributed by atoms with Crippen molar-refractivity contribution < 1.29 is 44.2 Å². The van der Waals surface area contributed by atoms with Crippen molar-refractivity contribution in [3.63, 3.8) is 0 Å². The van der Waals surface area contributed by atoms with Crippen LogP contribution in [0.15, 0.2) is 134 Å². The molecule has 0 amide bonds. The van der Waals surface area contributed by atoms with E-state index in [-0.39, 0.29) is 25.6 Å². The Balaban J connectivity index is 2.34. The van der Waals surface area contributed by atoms with E-state index in [9.17, 15) is 25.2 Å². The van der Waals surface area contributed by atoms with Crippen LogP contribution in [0, 0.1) is 0 Å². The number of carbonyl (C=O) groups excluding carboxylic acids is 1. The Morgan fingerprint density at radius 3 is 1.37 bits per heavy atom. The van der Waals surface area contributed by atoms with E-state index in [1.54, 1.807) is 0 Å². The maximum atomic E-state index is 12.8. The molecule has 6 atom stereocenters. The highest BCUT2D eigenvalue weighted by Crippen LogP contribution is 2.22. The van der Waals surface area contributed by atoms with Crippen molar-refractivity contribution in [1.82, 2.24) is 0 Å². The highest BCUT2D eigenvalue weighted by molar-refractivity contribution is 5.69. The van der Waals surface area contributed by atoms with Gasteiger partial charge >= 0.3 is 5.97 Å². The summed E-state index contributed by atoms with van der Waals surface area (Å²) in [6.07, 6.45) is 56.3. The van der Waals surface area contributed by atoms with Crippen LogP contribution in [0.2, 0.25) is 0 Å². The molecule has 0 bridgehead atoms. The first-order valence-electron chi connectivity index (χ1n) is 23.3. The molecule has 1 aliphatic rings. The maximum Gasteiger partial charge on any atom is 0.306 e. The van der Waals surface area contributed by atoms with Crippen LogP contribution < -0.4 is 0 Å². The average molecular weight is 863 g/mol. The molecule has 62 heavy (non-hydrogen) atoms. The van der Waals surface area contributed by atoms with Crippen LogP contribution in [0.3, 0.4) is 0 Å². The van der Waals surface area contributed by atoms with E-state index >= 15 is 0 Å². The fraction of sp³-hybridized carbons (Fsp3) is 0.566. The summed E-state index contributed by atoms with van der Waals surface area (Å²) in [5.74, 6) is -0.389. The molecule has 1 rings (SSSR count). The second-order valence-corrected chi connectivity index (χ2v) is 15.1. The summed E-state index contributed by atoms with van der Waals surface area (Å²) >= 11 is 0. The fourth-order valence-corrected chi connectivity index (χ4v) is 6.00. The molecule has 1 fully saturated rings. The van der Waals surface area contributed by atoms with Gasteiger partial charge in [-0.3, -0.25) is 4.79 Å². The number of ether oxygens (including phenoxy) is 4. The van der Waals surface area contributed by atoms with Gasteiger partial charge in [0.15, 0.2) is 6.29 Å². The highest BCUT2D eigenvalue weighted by Gasteiger charge is 2.44. The average Bonchev–Trinajstić information content (AvgIpc) is 3.27. The molecule has 0 radical (unpaired) electrons. The Kier molecular flexibility index (Phi) is 38.7. The van der Waals surface area contributed by atoms with Crippen LogP contribution in [-0.4, -0.2) is 89.6 Å². The van der Waals surface area contributed by atoms with Crippen molar-refractivity contribution in [1.29, 1.82) is 0 Å². The molecule has 0 saturated carbocycles. The SMILES string of the molecule is CC/C=C\C/C=C\C/C=C\C/C=C\C/C=C\C/C=C\CCCCCOCC(COC1OC(CO)C(O)C(O)C1O)OC(=O)CCC/C=C\C/C=C\C/C=C\C/C=C\C/C=C\CC. The molecule has 1 aliphatic heterocycles. The van der Waals surface area contributed by atoms with Gasteiger partial charge in [-0.25, -0.2) is 0 Å². The second-order valence-electron chi connectivity index (χ2n) is 15.1. The summed E-state index contributed by atoms with van der Waals surface area (Å²) in [5.41, 5.74) is 0. The summed E-state index contributed by atoms with van der Waals surface area (Å²) < 4.78 is 22.7. The third kappa shape index (κ3) is 33.0. The third-order valence-electron chi connectivity index (χ3n) is 9.56. The van der Waals surface area contributed by atoms with Gasteiger partial charge in [0.05, 0.1) is 19.8 Å². The first-order chi connectivity index (χ1) is 30.4. The molecule has 348 valence electrons. The first-order valence-corrected chi connectivity index (χ1v) is 23.3. The summed E-state index contributed by atoms with van der Waals surface area (Å²) in [6, 6.07) is 0. The minimum absolute atomic E-state index is 0.0884. The summed E-state index contributed by atoms with van der Waals surface area (Å²) in [7, 11) is 0. The van der Waals surface area contributed by atoms with Gasteiger partial charge in [0.25, 0.3) is 0 Å². The smallest absolute Gasteiger partial charge is 0.306 e. The van der Waals surface area contributed by atoms with Crippen LogP contribution in [0.1, 0.15) is 129 Å². The quantitative estimate of drug-likeness (QED) is 0.0273. The molecule has 1 saturated heterocycles. The third-order valence-corrected chi connectivity index (χ3v) is 9.56. The van der Waals surface area contributed by atoms with Gasteiger partial charge in [0, 0.05) is 13.0 Å². The van der Waals surface area contributed by atoms with Gasteiger partial charge in [-0.1, -0.05) is 154 Å². The Morgan fingerprint density at radius 1 is 0.516 bits per heavy atom. The van der Waals surface area contributed by atoms with E-state index in [2.05, 4.69) is 148 Å². The predicted octanol–water partition coefficient (Wildman–Crippen LogP) is 10.9. The standard InChI is InChI=1S/C53H82O9/c1-3-5-7-9-11-13-15-17-19-21-22-23-24-25-27-29-31-33-35-37-39-41-43-59-45-47(46-60-53-52(58)51(57)50(56)48(44-54)62-53)61-49(55)42-40-38-36-34-32-30-28-26-20-18-16-14-12-10-8-6-4-2/h5-8,11-14,17-20,22-23,25,27-28,30-31,33-34,36,47-48,50-54,56-58H,3-4,9-10,15-16,21,24,26,29,32,35,37-46H2,1-2H3/b7-5-,8-6-,13-11-,14-12-,19-17-,20-18-,23-22-,27-25-,30-28-,33-31-,36-34-. The molecule has 0 aromatic heterocycles. The minimum atomic E-state index is -1.56. The van der Waals surface area contributed by atoms with E-state index in [1.807, 2.05) is 0 Å². The number of hydrogen-bond donors (Lipinski definition) is 4. The number of aliphatic hydroxyl groups is 4. The summed E-state index contributed by atoms with van der Waals surface area (Å²) in [6.45, 7) is 4.14. The van der Waals surface area contributed by atoms with Crippen molar-refractivity contribution in [3.05, 3.63) is 134 Å². The molecule has 9 heteroatoms. The van der Waals surface area contributed by atoms with Crippen molar-refractivity contribution in [2.75, 3.05) is 26.4 Å². The van der Waals surface area contributed by atoms with Crippen LogP contribution >= 0.6 is 0 Å². The monoisotopic (exact) mass is 863 g/mol. The Hall–Kier alpha value is -3.67. The van der Waals surface area contributed by atoms with Crippen LogP contribution in [-0.2, 0) is 23.7 Å². The Bertz CT molecular complexity index is 1400. The summed E-state index contributed by atoms with van der Waals surface area (Å²) in [5, 5.41) is 40.2. The van der Waals surface area contributed by atoms with Gasteiger partial charge in [-0.05, 0) is 103 Å². The van der Waals surface area contributed by atoms with Crippen molar-refractivity contribution >= 4 is 5.97 Å². The topological polar surface area (TPSA) is 135 Å². The second kappa shape index (κ2) is 42.6. The normalized spacial score (nSPS) is 21.0. The molecule has 0 spiro atoms. The molecule has 0 aromatic carbocycles. The zero-order valence-corrected chi connectivity index (χ0v) is 38.1. The number of allylic oxidation sites excluding steroid dienone is 22. The summed E-state index contributed by atoms with van der Waals surface area (Å²) in [4.78, 5) is 12.8. The van der Waals surface area contributed by atoms with Gasteiger partial charge in [0.1, 0.15) is 30.5 Å². The number of unbranched alkanes of at least 4 members (excludes halogenated alkanes) is 4. The lowest BCUT2D eigenvalue weighted by Gasteiger charge is -2.39. The zero-order chi connectivity index (χ0) is 45.0. The van der Waals surface area contributed by atoms with Gasteiger partial charge in [-0.2, -0.15) is 0 Å². The van der Waals surface area contributed by atoms with E-state index < -0.39 is 43.4 Å². The predicted molar refractivity (Wildman–Crippen MR) is 255 cm³/mol. The zero-order valence-electron chi connectivity index (χ0n) is 38.1. The Labute approximate surface area is 375 Å². The van der Waals surface area contributed by atoms with E-state index in [4.69, 9.17) is 18.9 Å². The molecule has 0 aliphatic carbocycles. The van der Waals surface area contributed by atoms with Gasteiger partial charge < -0.3 is 39.4 Å². The molecule has 4 N–H and O–H groups in total. The molecule has 6 unspecified atom stereocenters. The van der Waals surface area contributed by atoms with Gasteiger partial charge in [-0.15, -0.1) is 0 Å². The lowest BCUT2D eigenvalue weighted by atomic mass is 9.99. The van der Waals surface area contributed by atoms with Crippen LogP contribution in [0.4, 0.5) is 0 Å². The van der Waals surface area contributed by atoms with Crippen LogP contribution in [0.5, 0.6) is 0 Å². The molecule has 1 heterocycles.